The van der Waals surface area contributed by atoms with Gasteiger partial charge in [-0.3, -0.25) is 4.79 Å². The van der Waals surface area contributed by atoms with E-state index in [1.54, 1.807) is 6.07 Å². The highest BCUT2D eigenvalue weighted by Gasteiger charge is 2.14. The Hall–Kier alpha value is -1.45. The number of hydrogen-bond donors (Lipinski definition) is 1. The van der Waals surface area contributed by atoms with E-state index in [4.69, 9.17) is 0 Å². The summed E-state index contributed by atoms with van der Waals surface area (Å²) in [6.07, 6.45) is 1.83. The van der Waals surface area contributed by atoms with Crippen LogP contribution in [0, 0.1) is 23.5 Å². The molecule has 0 aliphatic heterocycles. The predicted octanol–water partition coefficient (Wildman–Crippen LogP) is 4.08. The van der Waals surface area contributed by atoms with Gasteiger partial charge in [0, 0.05) is 12.5 Å². The zero-order chi connectivity index (χ0) is 16.0. The molecule has 0 aliphatic rings. The summed E-state index contributed by atoms with van der Waals surface area (Å²) in [5.74, 6) is -0.775. The minimum atomic E-state index is -0.831. The highest BCUT2D eigenvalue weighted by Crippen LogP contribution is 2.14. The fourth-order valence-electron chi connectivity index (χ4n) is 2.01. The molecule has 118 valence electrons. The second-order valence-corrected chi connectivity index (χ2v) is 6.18. The Balaban J connectivity index is 2.38. The molecule has 4 heteroatoms. The predicted molar refractivity (Wildman–Crippen MR) is 80.9 cm³/mol. The summed E-state index contributed by atoms with van der Waals surface area (Å²) in [5, 5.41) is 2.96. The van der Waals surface area contributed by atoms with Crippen LogP contribution in [0.1, 0.15) is 46.1 Å². The molecule has 0 saturated heterocycles. The summed E-state index contributed by atoms with van der Waals surface area (Å²) in [6.45, 7) is 8.20. The molecule has 0 aromatic heterocycles. The van der Waals surface area contributed by atoms with Crippen molar-refractivity contribution in [2.75, 3.05) is 0 Å². The van der Waals surface area contributed by atoms with Crippen LogP contribution in [-0.2, 0) is 11.2 Å². The highest BCUT2D eigenvalue weighted by atomic mass is 19.2. The zero-order valence-electron chi connectivity index (χ0n) is 13.2. The monoisotopic (exact) mass is 297 g/mol. The van der Waals surface area contributed by atoms with Crippen LogP contribution in [0.2, 0.25) is 0 Å². The summed E-state index contributed by atoms with van der Waals surface area (Å²) in [4.78, 5) is 11.9. The number of benzene rings is 1. The number of hydrogen-bond acceptors (Lipinski definition) is 1. The van der Waals surface area contributed by atoms with Crippen molar-refractivity contribution >= 4 is 5.91 Å². The molecular weight excluding hydrogens is 272 g/mol. The lowest BCUT2D eigenvalue weighted by atomic mass is 9.94. The van der Waals surface area contributed by atoms with Crippen molar-refractivity contribution in [1.82, 2.24) is 5.32 Å². The van der Waals surface area contributed by atoms with E-state index in [9.17, 15) is 13.6 Å². The molecule has 0 saturated carbocycles. The van der Waals surface area contributed by atoms with Gasteiger partial charge in [0.2, 0.25) is 5.91 Å². The fourth-order valence-corrected chi connectivity index (χ4v) is 2.01. The van der Waals surface area contributed by atoms with Crippen LogP contribution in [0.5, 0.6) is 0 Å². The largest absolute Gasteiger partial charge is 0.354 e. The number of aryl methyl sites for hydroxylation is 1. The van der Waals surface area contributed by atoms with Crippen molar-refractivity contribution < 1.29 is 13.6 Å². The van der Waals surface area contributed by atoms with Gasteiger partial charge in [0.05, 0.1) is 0 Å². The minimum absolute atomic E-state index is 0.0185. The van der Waals surface area contributed by atoms with Crippen molar-refractivity contribution in [3.05, 3.63) is 35.4 Å². The SMILES string of the molecule is CC(CCc1ccc(F)c(F)c1)NC(=O)CC(C)C(C)C. The molecule has 0 heterocycles. The van der Waals surface area contributed by atoms with Gasteiger partial charge in [0.15, 0.2) is 11.6 Å². The first kappa shape index (κ1) is 17.6. The van der Waals surface area contributed by atoms with Gasteiger partial charge in [-0.1, -0.05) is 26.8 Å². The fraction of sp³-hybridized carbons (Fsp3) is 0.588. The van der Waals surface area contributed by atoms with E-state index in [2.05, 4.69) is 26.1 Å². The number of nitrogens with one attached hydrogen (secondary N) is 1. The third-order valence-corrected chi connectivity index (χ3v) is 3.90. The average Bonchev–Trinajstić information content (AvgIpc) is 2.39. The molecule has 2 unspecified atom stereocenters. The first-order valence-electron chi connectivity index (χ1n) is 7.53. The smallest absolute Gasteiger partial charge is 0.220 e. The van der Waals surface area contributed by atoms with Crippen molar-refractivity contribution in [3.63, 3.8) is 0 Å². The maximum Gasteiger partial charge on any atom is 0.220 e. The van der Waals surface area contributed by atoms with E-state index < -0.39 is 11.6 Å². The van der Waals surface area contributed by atoms with E-state index in [0.29, 0.717) is 31.1 Å². The molecule has 1 aromatic carbocycles. The van der Waals surface area contributed by atoms with Crippen molar-refractivity contribution in [3.8, 4) is 0 Å². The lowest BCUT2D eigenvalue weighted by molar-refractivity contribution is -0.122. The summed E-state index contributed by atoms with van der Waals surface area (Å²) >= 11 is 0. The first-order chi connectivity index (χ1) is 9.79. The minimum Gasteiger partial charge on any atom is -0.354 e. The summed E-state index contributed by atoms with van der Waals surface area (Å²) < 4.78 is 25.9. The Kier molecular flexibility index (Phi) is 6.79. The number of amides is 1. The van der Waals surface area contributed by atoms with Crippen LogP contribution in [0.4, 0.5) is 8.78 Å². The summed E-state index contributed by atoms with van der Waals surface area (Å²) in [5.41, 5.74) is 0.741. The van der Waals surface area contributed by atoms with Gasteiger partial charge < -0.3 is 5.32 Å². The van der Waals surface area contributed by atoms with Crippen molar-refractivity contribution in [2.24, 2.45) is 11.8 Å². The van der Waals surface area contributed by atoms with Gasteiger partial charge in [-0.25, -0.2) is 8.78 Å². The molecular formula is C17H25F2NO. The van der Waals surface area contributed by atoms with Gasteiger partial charge in [0.1, 0.15) is 0 Å². The normalized spacial score (nSPS) is 14.0. The third-order valence-electron chi connectivity index (χ3n) is 3.90. The summed E-state index contributed by atoms with van der Waals surface area (Å²) in [7, 11) is 0. The Morgan fingerprint density at radius 1 is 1.14 bits per heavy atom. The van der Waals surface area contributed by atoms with Gasteiger partial charge in [0.25, 0.3) is 0 Å². The molecule has 1 rings (SSSR count). The number of carbonyl (C=O) groups excluding carboxylic acids is 1. The topological polar surface area (TPSA) is 29.1 Å². The maximum atomic E-state index is 13.1. The molecule has 1 amide bonds. The Bertz CT molecular complexity index is 474. The van der Waals surface area contributed by atoms with Gasteiger partial charge in [-0.2, -0.15) is 0 Å². The van der Waals surface area contributed by atoms with Crippen molar-refractivity contribution in [2.45, 2.75) is 53.0 Å². The van der Waals surface area contributed by atoms with Crippen LogP contribution in [-0.4, -0.2) is 11.9 Å². The van der Waals surface area contributed by atoms with Gasteiger partial charge in [-0.15, -0.1) is 0 Å². The maximum absolute atomic E-state index is 13.1. The molecule has 0 radical (unpaired) electrons. The number of halogens is 2. The van der Waals surface area contributed by atoms with Gasteiger partial charge >= 0.3 is 0 Å². The van der Waals surface area contributed by atoms with Crippen LogP contribution in [0.25, 0.3) is 0 Å². The molecule has 2 atom stereocenters. The lowest BCUT2D eigenvalue weighted by Crippen LogP contribution is -2.34. The zero-order valence-corrected chi connectivity index (χ0v) is 13.2. The average molecular weight is 297 g/mol. The first-order valence-corrected chi connectivity index (χ1v) is 7.53. The second kappa shape index (κ2) is 8.11. The Morgan fingerprint density at radius 2 is 1.81 bits per heavy atom. The van der Waals surface area contributed by atoms with E-state index >= 15 is 0 Å². The molecule has 0 fully saturated rings. The molecule has 0 aliphatic carbocycles. The Morgan fingerprint density at radius 3 is 2.38 bits per heavy atom. The molecule has 0 bridgehead atoms. The second-order valence-electron chi connectivity index (χ2n) is 6.18. The van der Waals surface area contributed by atoms with Crippen molar-refractivity contribution in [1.29, 1.82) is 0 Å². The number of rotatable bonds is 7. The van der Waals surface area contributed by atoms with Crippen LogP contribution in [0.3, 0.4) is 0 Å². The Labute approximate surface area is 125 Å². The highest BCUT2D eigenvalue weighted by molar-refractivity contribution is 5.76. The summed E-state index contributed by atoms with van der Waals surface area (Å²) in [6, 6.07) is 3.95. The quantitative estimate of drug-likeness (QED) is 0.807. The standard InChI is InChI=1S/C17H25F2NO/c1-11(2)12(3)9-17(21)20-13(4)5-6-14-7-8-15(18)16(19)10-14/h7-8,10-13H,5-6,9H2,1-4H3,(H,20,21). The van der Waals surface area contributed by atoms with Gasteiger partial charge in [-0.05, 0) is 49.3 Å². The van der Waals surface area contributed by atoms with E-state index in [-0.39, 0.29) is 11.9 Å². The lowest BCUT2D eigenvalue weighted by Gasteiger charge is -2.18. The van der Waals surface area contributed by atoms with Crippen LogP contribution >= 0.6 is 0 Å². The van der Waals surface area contributed by atoms with E-state index in [0.717, 1.165) is 11.6 Å². The molecule has 2 nitrogen and oxygen atoms in total. The third kappa shape index (κ3) is 6.23. The van der Waals surface area contributed by atoms with Crippen LogP contribution < -0.4 is 5.32 Å². The number of carbonyl (C=O) groups is 1. The van der Waals surface area contributed by atoms with E-state index in [1.807, 2.05) is 6.92 Å². The molecule has 21 heavy (non-hydrogen) atoms. The van der Waals surface area contributed by atoms with Crippen LogP contribution in [0.15, 0.2) is 18.2 Å². The molecule has 1 aromatic rings. The molecule has 1 N–H and O–H groups in total. The molecule has 0 spiro atoms. The van der Waals surface area contributed by atoms with E-state index in [1.165, 1.54) is 6.07 Å².